The van der Waals surface area contributed by atoms with E-state index in [1.165, 1.54) is 12.1 Å². The van der Waals surface area contributed by atoms with E-state index in [1.54, 1.807) is 41.3 Å². The van der Waals surface area contributed by atoms with Crippen LogP contribution in [0.4, 0.5) is 10.1 Å². The number of carbonyl (C=O) groups excluding carboxylic acids is 2. The summed E-state index contributed by atoms with van der Waals surface area (Å²) in [5, 5.41) is 33.0. The van der Waals surface area contributed by atoms with Gasteiger partial charge in [-0.2, -0.15) is 0 Å². The fraction of sp³-hybridized carbons (Fsp3) is 0.342. The van der Waals surface area contributed by atoms with Crippen LogP contribution in [-0.2, 0) is 11.3 Å². The molecule has 0 spiro atoms. The smallest absolute Gasteiger partial charge is 0.305 e. The van der Waals surface area contributed by atoms with Crippen molar-refractivity contribution in [2.24, 2.45) is 0 Å². The molecule has 1 aromatic heterocycles. The molecular weight excluding hydrogens is 613 g/mol. The molecule has 0 unspecified atom stereocenters. The lowest BCUT2D eigenvalue weighted by Crippen LogP contribution is -2.30. The largest absolute Gasteiger partial charge is 0.481 e. The molecule has 0 saturated heterocycles. The summed E-state index contributed by atoms with van der Waals surface area (Å²) in [6.07, 6.45) is -2.67. The number of carbonyl (C=O) groups is 3. The van der Waals surface area contributed by atoms with Crippen LogP contribution in [0.1, 0.15) is 79.3 Å². The Bertz CT molecular complexity index is 1700. The predicted molar refractivity (Wildman–Crippen MR) is 184 cm³/mol. The molecule has 0 aliphatic rings. The minimum Gasteiger partial charge on any atom is -0.481 e. The predicted octanol–water partition coefficient (Wildman–Crippen LogP) is 6.80. The molecule has 4 aromatic rings. The van der Waals surface area contributed by atoms with Crippen LogP contribution in [0.25, 0.3) is 22.4 Å². The number of nitrogens with one attached hydrogen (secondary N) is 1. The number of halogens is 1. The van der Waals surface area contributed by atoms with Crippen LogP contribution in [0.15, 0.2) is 78.9 Å². The average molecular weight is 658 g/mol. The monoisotopic (exact) mass is 657 g/mol. The van der Waals surface area contributed by atoms with Gasteiger partial charge in [0.05, 0.1) is 29.9 Å². The van der Waals surface area contributed by atoms with Gasteiger partial charge in [-0.25, -0.2) is 4.39 Å². The zero-order valence-corrected chi connectivity index (χ0v) is 27.8. The number of anilines is 1. The summed E-state index contributed by atoms with van der Waals surface area (Å²) in [6, 6.07) is 22.2. The van der Waals surface area contributed by atoms with Gasteiger partial charge in [-0.05, 0) is 92.3 Å². The SMILES string of the molecule is CCN(CC)C(=O)c1ccc(NC(=O)c2c(-c3ccccc3)c(-c3ccc(F)cc3)n(CC[C@@H](O)C[C@@H](O)CC(=O)O)c2C(C)C)cc1. The van der Waals surface area contributed by atoms with Crippen LogP contribution in [-0.4, -0.2) is 67.9 Å². The molecule has 0 saturated carbocycles. The number of amides is 2. The molecule has 9 nitrogen and oxygen atoms in total. The van der Waals surface area contributed by atoms with E-state index in [0.717, 1.165) is 5.56 Å². The van der Waals surface area contributed by atoms with E-state index in [4.69, 9.17) is 5.11 Å². The molecule has 0 radical (unpaired) electrons. The Kier molecular flexibility index (Phi) is 12.3. The lowest BCUT2D eigenvalue weighted by Gasteiger charge is -2.20. The van der Waals surface area contributed by atoms with Crippen LogP contribution in [0.5, 0.6) is 0 Å². The molecule has 2 atom stereocenters. The third-order valence-corrected chi connectivity index (χ3v) is 8.34. The molecule has 0 aliphatic carbocycles. The van der Waals surface area contributed by atoms with Crippen molar-refractivity contribution in [3.8, 4) is 22.4 Å². The number of carboxylic acid groups (broad SMARTS) is 1. The lowest BCUT2D eigenvalue weighted by molar-refractivity contribution is -0.139. The molecule has 10 heteroatoms. The number of hydrogen-bond acceptors (Lipinski definition) is 5. The molecular formula is C38H44FN3O6. The summed E-state index contributed by atoms with van der Waals surface area (Å²) >= 11 is 0. The summed E-state index contributed by atoms with van der Waals surface area (Å²) in [5.41, 5.74) is 4.85. The van der Waals surface area contributed by atoms with Gasteiger partial charge in [-0.1, -0.05) is 44.2 Å². The van der Waals surface area contributed by atoms with Crippen LogP contribution < -0.4 is 5.32 Å². The maximum Gasteiger partial charge on any atom is 0.305 e. The van der Waals surface area contributed by atoms with Gasteiger partial charge in [0.15, 0.2) is 0 Å². The van der Waals surface area contributed by atoms with Crippen molar-refractivity contribution in [1.82, 2.24) is 9.47 Å². The van der Waals surface area contributed by atoms with E-state index >= 15 is 0 Å². The maximum absolute atomic E-state index is 14.4. The highest BCUT2D eigenvalue weighted by Crippen LogP contribution is 2.42. The minimum absolute atomic E-state index is 0.0926. The van der Waals surface area contributed by atoms with E-state index in [2.05, 4.69) is 5.32 Å². The fourth-order valence-electron chi connectivity index (χ4n) is 6.07. The number of nitrogens with zero attached hydrogens (tertiary/aromatic N) is 2. The number of aliphatic hydroxyl groups is 2. The third-order valence-electron chi connectivity index (χ3n) is 8.34. The summed E-state index contributed by atoms with van der Waals surface area (Å²) in [5.74, 6) is -2.21. The number of aliphatic carboxylic acids is 1. The first kappa shape index (κ1) is 36.0. The molecule has 1 heterocycles. The highest BCUT2D eigenvalue weighted by atomic mass is 19.1. The Labute approximate surface area is 280 Å². The Hall–Kier alpha value is -4.80. The molecule has 0 bridgehead atoms. The Morgan fingerprint density at radius 2 is 1.48 bits per heavy atom. The van der Waals surface area contributed by atoms with E-state index in [-0.39, 0.29) is 37.1 Å². The van der Waals surface area contributed by atoms with E-state index < -0.39 is 30.4 Å². The normalized spacial score (nSPS) is 12.5. The number of aliphatic hydroxyl groups excluding tert-OH is 2. The first-order chi connectivity index (χ1) is 22.9. The Morgan fingerprint density at radius 1 is 0.854 bits per heavy atom. The summed E-state index contributed by atoms with van der Waals surface area (Å²) in [4.78, 5) is 40.0. The minimum atomic E-state index is -1.21. The second-order valence-electron chi connectivity index (χ2n) is 12.1. The lowest BCUT2D eigenvalue weighted by atomic mass is 9.94. The quantitative estimate of drug-likeness (QED) is 0.111. The van der Waals surface area contributed by atoms with Crippen LogP contribution in [0.2, 0.25) is 0 Å². The van der Waals surface area contributed by atoms with Crippen molar-refractivity contribution >= 4 is 23.5 Å². The molecule has 3 aromatic carbocycles. The number of rotatable bonds is 15. The summed E-state index contributed by atoms with van der Waals surface area (Å²) < 4.78 is 16.1. The molecule has 48 heavy (non-hydrogen) atoms. The topological polar surface area (TPSA) is 132 Å². The van der Waals surface area contributed by atoms with Crippen LogP contribution >= 0.6 is 0 Å². The zero-order valence-electron chi connectivity index (χ0n) is 27.8. The van der Waals surface area contributed by atoms with Gasteiger partial charge in [0.1, 0.15) is 5.82 Å². The van der Waals surface area contributed by atoms with Crippen LogP contribution in [0.3, 0.4) is 0 Å². The number of hydrogen-bond donors (Lipinski definition) is 4. The average Bonchev–Trinajstić information content (AvgIpc) is 3.40. The molecule has 0 fully saturated rings. The summed E-state index contributed by atoms with van der Waals surface area (Å²) in [6.45, 7) is 9.17. The van der Waals surface area contributed by atoms with Crippen molar-refractivity contribution in [3.05, 3.63) is 102 Å². The van der Waals surface area contributed by atoms with Gasteiger partial charge in [0.25, 0.3) is 11.8 Å². The van der Waals surface area contributed by atoms with E-state index in [1.807, 2.05) is 62.6 Å². The van der Waals surface area contributed by atoms with Gasteiger partial charge in [-0.3, -0.25) is 14.4 Å². The van der Waals surface area contributed by atoms with Gasteiger partial charge >= 0.3 is 5.97 Å². The molecule has 4 N–H and O–H groups in total. The molecule has 254 valence electrons. The highest BCUT2D eigenvalue weighted by molar-refractivity contribution is 6.12. The maximum atomic E-state index is 14.4. The third kappa shape index (κ3) is 8.56. The standard InChI is InChI=1S/C38H44FN3O6/c1-5-41(6-2)38(48)27-14-18-29(19-15-27)40-37(47)34-33(25-10-8-7-9-11-25)36(26-12-16-28(39)17-13-26)42(35(34)24(3)4)21-20-30(43)22-31(44)23-32(45)46/h7-19,24,30-31,43-44H,5-6,20-23H2,1-4H3,(H,40,47)(H,45,46)/t30-,31-/m1/s1. The first-order valence-corrected chi connectivity index (χ1v) is 16.3. The highest BCUT2D eigenvalue weighted by Gasteiger charge is 2.31. The first-order valence-electron chi connectivity index (χ1n) is 16.3. The number of aromatic nitrogens is 1. The van der Waals surface area contributed by atoms with Gasteiger partial charge in [0.2, 0.25) is 0 Å². The van der Waals surface area contributed by atoms with Crippen molar-refractivity contribution in [2.75, 3.05) is 18.4 Å². The fourth-order valence-corrected chi connectivity index (χ4v) is 6.07. The van der Waals surface area contributed by atoms with Crippen molar-refractivity contribution < 1.29 is 34.1 Å². The summed E-state index contributed by atoms with van der Waals surface area (Å²) in [7, 11) is 0. The van der Waals surface area contributed by atoms with Crippen LogP contribution in [0, 0.1) is 5.82 Å². The van der Waals surface area contributed by atoms with Gasteiger partial charge in [-0.15, -0.1) is 0 Å². The van der Waals surface area contributed by atoms with E-state index in [0.29, 0.717) is 52.4 Å². The number of carboxylic acids is 1. The molecule has 0 aliphatic heterocycles. The van der Waals surface area contributed by atoms with Crippen molar-refractivity contribution in [1.29, 1.82) is 0 Å². The molecule has 2 amide bonds. The second kappa shape index (κ2) is 16.3. The van der Waals surface area contributed by atoms with Crippen molar-refractivity contribution in [3.63, 3.8) is 0 Å². The molecule has 4 rings (SSSR count). The van der Waals surface area contributed by atoms with E-state index in [9.17, 15) is 29.0 Å². The Morgan fingerprint density at radius 3 is 2.04 bits per heavy atom. The number of benzene rings is 3. The second-order valence-corrected chi connectivity index (χ2v) is 12.1. The van der Waals surface area contributed by atoms with Gasteiger partial charge < -0.3 is 30.1 Å². The van der Waals surface area contributed by atoms with Gasteiger partial charge in [0, 0.05) is 42.1 Å². The Balaban J connectivity index is 1.83. The van der Waals surface area contributed by atoms with Crippen molar-refractivity contribution in [2.45, 2.75) is 71.6 Å². The zero-order chi connectivity index (χ0) is 35.0.